The van der Waals surface area contributed by atoms with Crippen molar-refractivity contribution in [3.63, 3.8) is 0 Å². The Morgan fingerprint density at radius 3 is 2.26 bits per heavy atom. The van der Waals surface area contributed by atoms with Crippen molar-refractivity contribution in [1.29, 1.82) is 0 Å². The molecule has 0 unspecified atom stereocenters. The van der Waals surface area contributed by atoms with Gasteiger partial charge >= 0.3 is 6.09 Å². The molecule has 0 atom stereocenters. The van der Waals surface area contributed by atoms with Gasteiger partial charge in [0.2, 0.25) is 0 Å². The summed E-state index contributed by atoms with van der Waals surface area (Å²) in [5.74, 6) is 2.85. The van der Waals surface area contributed by atoms with Crippen LogP contribution in [0, 0.1) is 22.8 Å². The van der Waals surface area contributed by atoms with Gasteiger partial charge in [0.25, 0.3) is 0 Å². The minimum absolute atomic E-state index is 0.0850. The maximum Gasteiger partial charge on any atom is 0.409 e. The molecule has 5 heteroatoms. The zero-order chi connectivity index (χ0) is 23.7. The minimum Gasteiger partial charge on any atom is -0.448 e. The Morgan fingerprint density at radius 2 is 1.65 bits per heavy atom. The fourth-order valence-corrected chi connectivity index (χ4v) is 5.69. The van der Waals surface area contributed by atoms with Gasteiger partial charge in [0.15, 0.2) is 0 Å². The van der Waals surface area contributed by atoms with Crippen LogP contribution in [0.4, 0.5) is 10.5 Å². The van der Waals surface area contributed by atoms with Crippen LogP contribution in [0.15, 0.2) is 60.7 Å². The third-order valence-electron chi connectivity index (χ3n) is 6.97. The lowest BCUT2D eigenvalue weighted by Gasteiger charge is -2.36. The zero-order valence-corrected chi connectivity index (χ0v) is 21.4. The van der Waals surface area contributed by atoms with Gasteiger partial charge in [-0.25, -0.2) is 4.79 Å². The lowest BCUT2D eigenvalue weighted by Crippen LogP contribution is -2.49. The van der Waals surface area contributed by atoms with Crippen LogP contribution in [0.25, 0.3) is 11.1 Å². The van der Waals surface area contributed by atoms with Gasteiger partial charge in [0, 0.05) is 47.8 Å². The second-order valence-electron chi connectivity index (χ2n) is 8.87. The normalized spacial score (nSPS) is 15.0. The number of hydrogen-bond donors (Lipinski definition) is 0. The van der Waals surface area contributed by atoms with Gasteiger partial charge in [-0.1, -0.05) is 48.5 Å². The third-order valence-corrected chi connectivity index (χ3v) is 8.09. The Kier molecular flexibility index (Phi) is 6.51. The molecule has 0 radical (unpaired) electrons. The number of piperazine rings is 1. The number of terminal acetylenes is 1. The number of halogens is 1. The first-order valence-electron chi connectivity index (χ1n) is 11.6. The van der Waals surface area contributed by atoms with Gasteiger partial charge in [-0.15, -0.1) is 12.3 Å². The van der Waals surface area contributed by atoms with E-state index in [-0.39, 0.29) is 12.0 Å². The number of ether oxygens (including phenoxy) is 1. The second kappa shape index (κ2) is 9.71. The molecule has 0 saturated carbocycles. The fourth-order valence-electron chi connectivity index (χ4n) is 5.03. The number of benzene rings is 3. The van der Waals surface area contributed by atoms with Crippen molar-refractivity contribution in [2.75, 3.05) is 37.7 Å². The first kappa shape index (κ1) is 22.8. The molecule has 5 rings (SSSR count). The predicted molar refractivity (Wildman–Crippen MR) is 145 cm³/mol. The highest BCUT2D eigenvalue weighted by Gasteiger charge is 2.30. The van der Waals surface area contributed by atoms with Gasteiger partial charge in [-0.2, -0.15) is 0 Å². The van der Waals surface area contributed by atoms with E-state index in [9.17, 15) is 4.79 Å². The average Bonchev–Trinajstić information content (AvgIpc) is 3.19. The Morgan fingerprint density at radius 1 is 1.03 bits per heavy atom. The minimum atomic E-state index is -0.229. The first-order chi connectivity index (χ1) is 16.6. The summed E-state index contributed by atoms with van der Waals surface area (Å²) in [5, 5.41) is 0. The molecule has 0 spiro atoms. The Labute approximate surface area is 215 Å². The monoisotopic (exact) mass is 562 g/mol. The fraction of sp³-hybridized carbons (Fsp3) is 0.276. The summed E-state index contributed by atoms with van der Waals surface area (Å²) in [5.41, 5.74) is 8.57. The standard InChI is InChI=1S/C29H27IN2O2/c1-3-8-21-17-22(18-28(30)20(21)2)31-13-15-32(16-14-31)29(33)34-19-27-25-11-6-4-9-23(25)24-10-5-7-12-26(24)27/h1,4-7,9-12,17-18,27H,8,13-16,19H2,2H3. The number of nitrogens with zero attached hydrogens (tertiary/aromatic N) is 2. The summed E-state index contributed by atoms with van der Waals surface area (Å²) in [7, 11) is 0. The van der Waals surface area contributed by atoms with Crippen LogP contribution in [0.2, 0.25) is 0 Å². The third kappa shape index (κ3) is 4.27. The molecule has 172 valence electrons. The van der Waals surface area contributed by atoms with Crippen molar-refractivity contribution in [3.8, 4) is 23.5 Å². The van der Waals surface area contributed by atoms with Crippen LogP contribution in [0.1, 0.15) is 28.2 Å². The Bertz CT molecular complexity index is 1230. The smallest absolute Gasteiger partial charge is 0.409 e. The van der Waals surface area contributed by atoms with E-state index >= 15 is 0 Å². The molecule has 34 heavy (non-hydrogen) atoms. The molecule has 1 aliphatic carbocycles. The maximum atomic E-state index is 12.9. The number of rotatable bonds is 4. The summed E-state index contributed by atoms with van der Waals surface area (Å²) in [6.45, 7) is 5.32. The Balaban J connectivity index is 1.22. The highest BCUT2D eigenvalue weighted by atomic mass is 127. The van der Waals surface area contributed by atoms with Crippen LogP contribution >= 0.6 is 22.6 Å². The van der Waals surface area contributed by atoms with E-state index in [2.05, 4.69) is 101 Å². The van der Waals surface area contributed by atoms with E-state index in [1.54, 1.807) is 0 Å². The van der Waals surface area contributed by atoms with E-state index in [1.807, 2.05) is 4.90 Å². The highest BCUT2D eigenvalue weighted by molar-refractivity contribution is 14.1. The van der Waals surface area contributed by atoms with Crippen molar-refractivity contribution < 1.29 is 9.53 Å². The summed E-state index contributed by atoms with van der Waals surface area (Å²) in [6, 6.07) is 21.2. The quantitative estimate of drug-likeness (QED) is 0.296. The molecular formula is C29H27IN2O2. The second-order valence-corrected chi connectivity index (χ2v) is 10.0. The lowest BCUT2D eigenvalue weighted by atomic mass is 9.98. The molecule has 1 aliphatic heterocycles. The molecule has 3 aromatic carbocycles. The van der Waals surface area contributed by atoms with Crippen LogP contribution in [-0.4, -0.2) is 43.8 Å². The number of amides is 1. The molecule has 1 fully saturated rings. The van der Waals surface area contributed by atoms with E-state index in [0.717, 1.165) is 13.1 Å². The number of carbonyl (C=O) groups excluding carboxylic acids is 1. The SMILES string of the molecule is C#CCc1cc(N2CCN(C(=O)OCC3c4ccccc4-c4ccccc43)CC2)cc(I)c1C. The average molecular weight is 562 g/mol. The molecule has 1 saturated heterocycles. The summed E-state index contributed by atoms with van der Waals surface area (Å²) in [6.07, 6.45) is 5.97. The largest absolute Gasteiger partial charge is 0.448 e. The van der Waals surface area contributed by atoms with Crippen molar-refractivity contribution in [3.05, 3.63) is 86.5 Å². The van der Waals surface area contributed by atoms with Crippen molar-refractivity contribution in [2.45, 2.75) is 19.3 Å². The van der Waals surface area contributed by atoms with Gasteiger partial charge in [-0.05, 0) is 75.0 Å². The lowest BCUT2D eigenvalue weighted by molar-refractivity contribution is 0.0977. The molecule has 1 amide bonds. The molecule has 2 aliphatic rings. The Hall–Kier alpha value is -2.98. The van der Waals surface area contributed by atoms with E-state index in [1.165, 1.54) is 42.6 Å². The molecule has 0 bridgehead atoms. The predicted octanol–water partition coefficient (Wildman–Crippen LogP) is 5.85. The molecule has 1 heterocycles. The van der Waals surface area contributed by atoms with Gasteiger partial charge < -0.3 is 14.5 Å². The van der Waals surface area contributed by atoms with Crippen LogP contribution in [-0.2, 0) is 11.2 Å². The molecule has 0 aromatic heterocycles. The van der Waals surface area contributed by atoms with Crippen molar-refractivity contribution in [1.82, 2.24) is 4.90 Å². The summed E-state index contributed by atoms with van der Waals surface area (Å²) in [4.78, 5) is 17.1. The van der Waals surface area contributed by atoms with Crippen LogP contribution in [0.3, 0.4) is 0 Å². The first-order valence-corrected chi connectivity index (χ1v) is 12.7. The van der Waals surface area contributed by atoms with Crippen LogP contribution in [0.5, 0.6) is 0 Å². The number of hydrogen-bond acceptors (Lipinski definition) is 3. The number of carbonyl (C=O) groups is 1. The summed E-state index contributed by atoms with van der Waals surface area (Å²) >= 11 is 2.38. The maximum absolute atomic E-state index is 12.9. The summed E-state index contributed by atoms with van der Waals surface area (Å²) < 4.78 is 7.07. The topological polar surface area (TPSA) is 32.8 Å². The van der Waals surface area contributed by atoms with Gasteiger partial charge in [0.05, 0.1) is 0 Å². The van der Waals surface area contributed by atoms with E-state index in [4.69, 9.17) is 11.2 Å². The van der Waals surface area contributed by atoms with Crippen molar-refractivity contribution in [2.24, 2.45) is 0 Å². The van der Waals surface area contributed by atoms with E-state index < -0.39 is 0 Å². The zero-order valence-electron chi connectivity index (χ0n) is 19.3. The number of anilines is 1. The van der Waals surface area contributed by atoms with Gasteiger partial charge in [0.1, 0.15) is 6.61 Å². The molecule has 3 aromatic rings. The van der Waals surface area contributed by atoms with Gasteiger partial charge in [-0.3, -0.25) is 0 Å². The molecular weight excluding hydrogens is 535 g/mol. The molecule has 4 nitrogen and oxygen atoms in total. The molecule has 0 N–H and O–H groups in total. The van der Waals surface area contributed by atoms with Crippen molar-refractivity contribution >= 4 is 34.4 Å². The van der Waals surface area contributed by atoms with E-state index in [0.29, 0.717) is 26.1 Å². The number of fused-ring (bicyclic) bond motifs is 3. The highest BCUT2D eigenvalue weighted by Crippen LogP contribution is 2.44. The van der Waals surface area contributed by atoms with Crippen LogP contribution < -0.4 is 4.90 Å².